The van der Waals surface area contributed by atoms with Crippen molar-refractivity contribution in [1.29, 1.82) is 0 Å². The summed E-state index contributed by atoms with van der Waals surface area (Å²) in [6, 6.07) is 0. The van der Waals surface area contributed by atoms with E-state index in [1.54, 1.807) is 0 Å². The normalized spacial score (nSPS) is 45.4. The Bertz CT molecular complexity index is 321. The summed E-state index contributed by atoms with van der Waals surface area (Å²) in [6.45, 7) is 2.08. The second kappa shape index (κ2) is 5.83. The van der Waals surface area contributed by atoms with Crippen molar-refractivity contribution in [3.05, 3.63) is 11.1 Å². The van der Waals surface area contributed by atoms with Gasteiger partial charge in [0.1, 0.15) is 12.2 Å². The van der Waals surface area contributed by atoms with Crippen LogP contribution in [-0.2, 0) is 14.3 Å². The van der Waals surface area contributed by atoms with Crippen LogP contribution in [0.15, 0.2) is 11.1 Å². The van der Waals surface area contributed by atoms with Crippen LogP contribution < -0.4 is 0 Å². The molecule has 2 aliphatic rings. The first-order chi connectivity index (χ1) is 8.15. The summed E-state index contributed by atoms with van der Waals surface area (Å²) in [4.78, 5) is 10.8. The van der Waals surface area contributed by atoms with E-state index in [1.807, 2.05) is 6.08 Å². The number of hydrogen-bond donors (Lipinski definition) is 0. The Labute approximate surface area is 115 Å². The number of allylic oxidation sites excluding steroid dienone is 1. The van der Waals surface area contributed by atoms with Gasteiger partial charge in [0.05, 0.1) is 12.2 Å². The van der Waals surface area contributed by atoms with Gasteiger partial charge in [-0.2, -0.15) is 0 Å². The number of epoxide rings is 1. The molecule has 0 saturated carbocycles. The van der Waals surface area contributed by atoms with Crippen LogP contribution >= 0.6 is 27.5 Å². The number of carbonyl (C=O) groups excluding carboxylic acids is 1. The summed E-state index contributed by atoms with van der Waals surface area (Å²) in [5.74, 6) is 0. The van der Waals surface area contributed by atoms with Crippen LogP contribution in [0.3, 0.4) is 0 Å². The summed E-state index contributed by atoms with van der Waals surface area (Å²) in [5.41, 5.74) is 0. The van der Waals surface area contributed by atoms with Gasteiger partial charge in [0.25, 0.3) is 0 Å². The number of halogens is 2. The fraction of sp³-hybridized carbons (Fsp3) is 0.750. The summed E-state index contributed by atoms with van der Waals surface area (Å²) in [5, 5.41) is 0.849. The van der Waals surface area contributed by atoms with Crippen LogP contribution in [0.5, 0.6) is 0 Å². The molecule has 0 unspecified atom stereocenters. The molecule has 0 aromatic heterocycles. The van der Waals surface area contributed by atoms with Gasteiger partial charge >= 0.3 is 0 Å². The van der Waals surface area contributed by atoms with Gasteiger partial charge in [-0.25, -0.2) is 0 Å². The van der Waals surface area contributed by atoms with Crippen molar-refractivity contribution in [3.63, 3.8) is 0 Å². The van der Waals surface area contributed by atoms with Gasteiger partial charge in [-0.1, -0.05) is 40.5 Å². The van der Waals surface area contributed by atoms with Crippen molar-refractivity contribution in [2.45, 2.75) is 55.4 Å². The number of alkyl halides is 1. The molecule has 2 aliphatic heterocycles. The van der Waals surface area contributed by atoms with Gasteiger partial charge in [0.2, 0.25) is 0 Å². The van der Waals surface area contributed by atoms with Crippen LogP contribution in [0.25, 0.3) is 0 Å². The van der Waals surface area contributed by atoms with Crippen molar-refractivity contribution in [2.75, 3.05) is 0 Å². The molecular weight excluding hydrogens is 307 g/mol. The minimum absolute atomic E-state index is 0.0655. The first kappa shape index (κ1) is 13.5. The molecule has 1 saturated heterocycles. The van der Waals surface area contributed by atoms with Gasteiger partial charge in [-0.05, 0) is 19.3 Å². The van der Waals surface area contributed by atoms with E-state index in [1.165, 1.54) is 0 Å². The Morgan fingerprint density at radius 2 is 2.35 bits per heavy atom. The zero-order valence-electron chi connectivity index (χ0n) is 9.64. The Balaban J connectivity index is 2.05. The largest absolute Gasteiger partial charge is 0.371 e. The van der Waals surface area contributed by atoms with Crippen molar-refractivity contribution < 1.29 is 14.3 Å². The molecule has 0 aromatic rings. The lowest BCUT2D eigenvalue weighted by atomic mass is 10.0. The van der Waals surface area contributed by atoms with Crippen LogP contribution in [0.4, 0.5) is 0 Å². The number of aldehydes is 1. The maximum absolute atomic E-state index is 10.6. The summed E-state index contributed by atoms with van der Waals surface area (Å²) in [7, 11) is 0. The molecule has 0 amide bonds. The van der Waals surface area contributed by atoms with E-state index in [9.17, 15) is 4.79 Å². The van der Waals surface area contributed by atoms with Gasteiger partial charge in [0.15, 0.2) is 6.29 Å². The third kappa shape index (κ3) is 3.31. The molecule has 96 valence electrons. The maximum atomic E-state index is 10.6. The first-order valence-electron chi connectivity index (χ1n) is 5.90. The number of carbonyl (C=O) groups is 1. The third-order valence-electron chi connectivity index (χ3n) is 3.18. The van der Waals surface area contributed by atoms with Crippen LogP contribution in [0.1, 0.15) is 26.2 Å². The highest BCUT2D eigenvalue weighted by atomic mass is 79.9. The molecular formula is C12H16BrClO3. The lowest BCUT2D eigenvalue weighted by Crippen LogP contribution is -2.34. The highest BCUT2D eigenvalue weighted by Crippen LogP contribution is 2.34. The molecule has 0 aliphatic carbocycles. The van der Waals surface area contributed by atoms with Gasteiger partial charge < -0.3 is 14.3 Å². The molecule has 2 heterocycles. The number of rotatable bonds is 3. The Hall–Kier alpha value is 0.1000. The first-order valence-corrected chi connectivity index (χ1v) is 7.20. The highest BCUT2D eigenvalue weighted by molar-refractivity contribution is 9.09. The molecule has 0 radical (unpaired) electrons. The molecule has 0 spiro atoms. The standard InChI is InChI=1S/C12H16BrClO3/c1-2-9-8(13)5-7(14)3-4-10(16-9)12-11(6-15)17-12/h3,6,8-12H,2,4-5H2,1H3/b7-3+/t8-,9+,10+,11+,12-/m0/s1. The monoisotopic (exact) mass is 322 g/mol. The minimum atomic E-state index is -0.294. The average Bonchev–Trinajstić information content (AvgIpc) is 3.06. The van der Waals surface area contributed by atoms with E-state index >= 15 is 0 Å². The van der Waals surface area contributed by atoms with Crippen LogP contribution in [-0.4, -0.2) is 35.5 Å². The quantitative estimate of drug-likeness (QED) is 0.455. The van der Waals surface area contributed by atoms with Crippen molar-refractivity contribution in [1.82, 2.24) is 0 Å². The van der Waals surface area contributed by atoms with E-state index in [-0.39, 0.29) is 29.2 Å². The predicted octanol–water partition coefficient (Wildman–Crippen LogP) is 2.80. The average molecular weight is 324 g/mol. The van der Waals surface area contributed by atoms with E-state index in [0.717, 1.165) is 24.2 Å². The molecule has 0 bridgehead atoms. The zero-order chi connectivity index (χ0) is 12.4. The highest BCUT2D eigenvalue weighted by Gasteiger charge is 2.46. The molecule has 1 fully saturated rings. The molecule has 5 atom stereocenters. The number of hydrogen-bond acceptors (Lipinski definition) is 3. The molecule has 5 heteroatoms. The Morgan fingerprint density at radius 1 is 1.59 bits per heavy atom. The molecule has 3 nitrogen and oxygen atoms in total. The Kier molecular flexibility index (Phi) is 4.64. The number of ether oxygens (including phenoxy) is 2. The molecule has 0 N–H and O–H groups in total. The van der Waals surface area contributed by atoms with Gasteiger partial charge in [-0.3, -0.25) is 0 Å². The van der Waals surface area contributed by atoms with E-state index < -0.39 is 0 Å². The maximum Gasteiger partial charge on any atom is 0.151 e. The fourth-order valence-corrected chi connectivity index (χ4v) is 3.41. The Morgan fingerprint density at radius 3 is 2.94 bits per heavy atom. The molecule has 0 aromatic carbocycles. The van der Waals surface area contributed by atoms with E-state index in [2.05, 4.69) is 22.9 Å². The fourth-order valence-electron chi connectivity index (χ4n) is 2.12. The smallest absolute Gasteiger partial charge is 0.151 e. The predicted molar refractivity (Wildman–Crippen MR) is 69.6 cm³/mol. The third-order valence-corrected chi connectivity index (χ3v) is 4.40. The van der Waals surface area contributed by atoms with Gasteiger partial charge in [0, 0.05) is 9.86 Å². The van der Waals surface area contributed by atoms with Crippen LogP contribution in [0, 0.1) is 0 Å². The van der Waals surface area contributed by atoms with Gasteiger partial charge in [-0.15, -0.1) is 0 Å². The zero-order valence-corrected chi connectivity index (χ0v) is 12.0. The van der Waals surface area contributed by atoms with Crippen molar-refractivity contribution in [2.24, 2.45) is 0 Å². The SMILES string of the molecule is CC[C@H]1O[C@@H]([C@@H]2O[C@@H]2C=O)C/C=C(/Cl)C[C@@H]1Br. The lowest BCUT2D eigenvalue weighted by molar-refractivity contribution is -0.108. The second-order valence-corrected chi connectivity index (χ2v) is 6.09. The van der Waals surface area contributed by atoms with Crippen molar-refractivity contribution >= 4 is 33.8 Å². The molecule has 17 heavy (non-hydrogen) atoms. The van der Waals surface area contributed by atoms with E-state index in [4.69, 9.17) is 21.1 Å². The van der Waals surface area contributed by atoms with Crippen molar-refractivity contribution in [3.8, 4) is 0 Å². The summed E-state index contributed by atoms with van der Waals surface area (Å²) >= 11 is 9.75. The topological polar surface area (TPSA) is 38.8 Å². The minimum Gasteiger partial charge on any atom is -0.371 e. The summed E-state index contributed by atoms with van der Waals surface area (Å²) < 4.78 is 11.3. The second-order valence-electron chi connectivity index (χ2n) is 4.43. The lowest BCUT2D eigenvalue weighted by Gasteiger charge is -2.28. The van der Waals surface area contributed by atoms with Crippen LogP contribution in [0.2, 0.25) is 0 Å². The molecule has 2 rings (SSSR count). The summed E-state index contributed by atoms with van der Waals surface area (Å²) in [6.07, 6.45) is 4.87. The van der Waals surface area contributed by atoms with E-state index in [0.29, 0.717) is 6.42 Å².